The van der Waals surface area contributed by atoms with E-state index in [2.05, 4.69) is 20.3 Å². The van der Waals surface area contributed by atoms with Crippen molar-refractivity contribution in [2.45, 2.75) is 31.0 Å². The van der Waals surface area contributed by atoms with Gasteiger partial charge in [0.2, 0.25) is 5.91 Å². The van der Waals surface area contributed by atoms with Gasteiger partial charge in [0.15, 0.2) is 5.16 Å². The van der Waals surface area contributed by atoms with E-state index in [1.165, 1.54) is 11.8 Å². The SMILES string of the molecule is Cc1nc2c(-c3ccccc3)nc(SCC(=O)NC[C@@H]3CCCO3)nc2s1. The van der Waals surface area contributed by atoms with Crippen molar-refractivity contribution in [1.29, 1.82) is 0 Å². The molecule has 8 heteroatoms. The van der Waals surface area contributed by atoms with E-state index >= 15 is 0 Å². The molecule has 140 valence electrons. The van der Waals surface area contributed by atoms with Crippen LogP contribution in [0.15, 0.2) is 35.5 Å². The van der Waals surface area contributed by atoms with Crippen molar-refractivity contribution in [3.8, 4) is 11.3 Å². The summed E-state index contributed by atoms with van der Waals surface area (Å²) in [6.07, 6.45) is 2.23. The van der Waals surface area contributed by atoms with Crippen LogP contribution < -0.4 is 5.32 Å². The molecular weight excluding hydrogens is 380 g/mol. The molecule has 2 aromatic heterocycles. The zero-order chi connectivity index (χ0) is 18.6. The van der Waals surface area contributed by atoms with Crippen LogP contribution in [-0.2, 0) is 9.53 Å². The molecule has 1 amide bonds. The second-order valence-electron chi connectivity index (χ2n) is 6.34. The van der Waals surface area contributed by atoms with E-state index in [1.54, 1.807) is 11.3 Å². The first-order valence-corrected chi connectivity index (χ1v) is 10.7. The molecule has 3 aromatic rings. The van der Waals surface area contributed by atoms with Crippen LogP contribution in [0.1, 0.15) is 17.8 Å². The zero-order valence-corrected chi connectivity index (χ0v) is 16.6. The Bertz CT molecular complexity index is 940. The van der Waals surface area contributed by atoms with Gasteiger partial charge in [0, 0.05) is 18.7 Å². The molecular formula is C19H20N4O2S2. The van der Waals surface area contributed by atoms with Gasteiger partial charge in [-0.1, -0.05) is 53.4 Å². The summed E-state index contributed by atoms with van der Waals surface area (Å²) < 4.78 is 5.53. The Morgan fingerprint density at radius 1 is 1.30 bits per heavy atom. The van der Waals surface area contributed by atoms with Crippen molar-refractivity contribution < 1.29 is 9.53 Å². The maximum Gasteiger partial charge on any atom is 0.230 e. The van der Waals surface area contributed by atoms with Crippen molar-refractivity contribution in [3.05, 3.63) is 35.3 Å². The molecule has 1 aliphatic rings. The number of thiazole rings is 1. The Hall–Kier alpha value is -2.03. The molecule has 1 fully saturated rings. The first-order valence-electron chi connectivity index (χ1n) is 8.91. The summed E-state index contributed by atoms with van der Waals surface area (Å²) in [5, 5.41) is 4.48. The van der Waals surface area contributed by atoms with E-state index in [0.29, 0.717) is 11.7 Å². The first-order chi connectivity index (χ1) is 13.2. The number of hydrogen-bond donors (Lipinski definition) is 1. The van der Waals surface area contributed by atoms with Crippen molar-refractivity contribution in [2.24, 2.45) is 0 Å². The summed E-state index contributed by atoms with van der Waals surface area (Å²) in [5.74, 6) is 0.255. The number of thioether (sulfide) groups is 1. The number of nitrogens with zero attached hydrogens (tertiary/aromatic N) is 3. The molecule has 27 heavy (non-hydrogen) atoms. The number of amides is 1. The fourth-order valence-electron chi connectivity index (χ4n) is 2.98. The van der Waals surface area contributed by atoms with E-state index in [-0.39, 0.29) is 17.8 Å². The van der Waals surface area contributed by atoms with Crippen molar-refractivity contribution in [1.82, 2.24) is 20.3 Å². The smallest absolute Gasteiger partial charge is 0.230 e. The second-order valence-corrected chi connectivity index (χ2v) is 8.46. The highest BCUT2D eigenvalue weighted by Crippen LogP contribution is 2.31. The standard InChI is InChI=1S/C19H20N4O2S2/c1-12-21-17-16(13-6-3-2-4-7-13)22-19(23-18(17)27-12)26-11-15(24)20-10-14-8-5-9-25-14/h2-4,6-7,14H,5,8-11H2,1H3,(H,20,24)/t14-/m0/s1. The molecule has 0 bridgehead atoms. The normalized spacial score (nSPS) is 16.7. The monoisotopic (exact) mass is 400 g/mol. The number of benzene rings is 1. The predicted octanol–water partition coefficient (Wildman–Crippen LogP) is 3.45. The van der Waals surface area contributed by atoms with E-state index in [9.17, 15) is 4.79 Å². The number of aromatic nitrogens is 3. The van der Waals surface area contributed by atoms with Gasteiger partial charge in [0.1, 0.15) is 16.0 Å². The van der Waals surface area contributed by atoms with Gasteiger partial charge in [0.25, 0.3) is 0 Å². The zero-order valence-electron chi connectivity index (χ0n) is 15.0. The Labute approximate surface area is 165 Å². The number of hydrogen-bond acceptors (Lipinski definition) is 7. The highest BCUT2D eigenvalue weighted by atomic mass is 32.2. The third-order valence-electron chi connectivity index (χ3n) is 4.28. The van der Waals surface area contributed by atoms with Gasteiger partial charge in [-0.15, -0.1) is 0 Å². The Morgan fingerprint density at radius 2 is 2.15 bits per heavy atom. The molecule has 0 saturated carbocycles. The van der Waals surface area contributed by atoms with Gasteiger partial charge in [-0.25, -0.2) is 15.0 Å². The Morgan fingerprint density at radius 3 is 2.93 bits per heavy atom. The van der Waals surface area contributed by atoms with Crippen LogP contribution in [0, 0.1) is 6.92 Å². The number of ether oxygens (including phenoxy) is 1. The van der Waals surface area contributed by atoms with E-state index < -0.39 is 0 Å². The van der Waals surface area contributed by atoms with Crippen LogP contribution in [0.2, 0.25) is 0 Å². The molecule has 1 N–H and O–H groups in total. The van der Waals surface area contributed by atoms with E-state index in [1.807, 2.05) is 37.3 Å². The van der Waals surface area contributed by atoms with Gasteiger partial charge >= 0.3 is 0 Å². The van der Waals surface area contributed by atoms with Crippen LogP contribution in [0.3, 0.4) is 0 Å². The van der Waals surface area contributed by atoms with Gasteiger partial charge < -0.3 is 10.1 Å². The molecule has 1 saturated heterocycles. The predicted molar refractivity (Wildman–Crippen MR) is 108 cm³/mol. The average molecular weight is 401 g/mol. The van der Waals surface area contributed by atoms with E-state index in [4.69, 9.17) is 4.74 Å². The number of aryl methyl sites for hydroxylation is 1. The molecule has 0 radical (unpaired) electrons. The fourth-order valence-corrected chi connectivity index (χ4v) is 4.50. The van der Waals surface area contributed by atoms with Gasteiger partial charge in [0.05, 0.1) is 16.9 Å². The van der Waals surface area contributed by atoms with Gasteiger partial charge in [-0.05, 0) is 19.8 Å². The van der Waals surface area contributed by atoms with Crippen LogP contribution >= 0.6 is 23.1 Å². The average Bonchev–Trinajstić information content (AvgIpc) is 3.33. The molecule has 1 aliphatic heterocycles. The maximum atomic E-state index is 12.1. The van der Waals surface area contributed by atoms with Crippen molar-refractivity contribution in [2.75, 3.05) is 18.9 Å². The third-order valence-corrected chi connectivity index (χ3v) is 5.99. The minimum Gasteiger partial charge on any atom is -0.376 e. The number of rotatable bonds is 6. The lowest BCUT2D eigenvalue weighted by Gasteiger charge is -2.10. The minimum absolute atomic E-state index is 0.0269. The fraction of sp³-hybridized carbons (Fsp3) is 0.368. The first kappa shape index (κ1) is 18.3. The third kappa shape index (κ3) is 4.45. The van der Waals surface area contributed by atoms with Crippen molar-refractivity contribution in [3.63, 3.8) is 0 Å². The maximum absolute atomic E-state index is 12.1. The number of nitrogens with one attached hydrogen (secondary N) is 1. The number of fused-ring (bicyclic) bond motifs is 1. The summed E-state index contributed by atoms with van der Waals surface area (Å²) in [4.78, 5) is 26.9. The molecule has 4 rings (SSSR count). The molecule has 0 unspecified atom stereocenters. The van der Waals surface area contributed by atoms with Crippen LogP contribution in [0.5, 0.6) is 0 Å². The van der Waals surface area contributed by atoms with Gasteiger partial charge in [-0.3, -0.25) is 4.79 Å². The summed E-state index contributed by atoms with van der Waals surface area (Å²) in [7, 11) is 0. The number of carbonyl (C=O) groups is 1. The minimum atomic E-state index is -0.0269. The molecule has 6 nitrogen and oxygen atoms in total. The lowest BCUT2D eigenvalue weighted by Crippen LogP contribution is -2.32. The Balaban J connectivity index is 1.49. The highest BCUT2D eigenvalue weighted by molar-refractivity contribution is 7.99. The van der Waals surface area contributed by atoms with E-state index in [0.717, 1.165) is 46.1 Å². The molecule has 0 aliphatic carbocycles. The second kappa shape index (κ2) is 8.33. The summed E-state index contributed by atoms with van der Waals surface area (Å²) in [6.45, 7) is 3.33. The molecule has 1 atom stereocenters. The Kier molecular flexibility index (Phi) is 5.66. The molecule has 0 spiro atoms. The van der Waals surface area contributed by atoms with Crippen LogP contribution in [0.25, 0.3) is 21.6 Å². The quantitative estimate of drug-likeness (QED) is 0.504. The lowest BCUT2D eigenvalue weighted by molar-refractivity contribution is -0.119. The summed E-state index contributed by atoms with van der Waals surface area (Å²) in [5.41, 5.74) is 2.63. The lowest BCUT2D eigenvalue weighted by atomic mass is 10.1. The number of carbonyl (C=O) groups excluding carboxylic acids is 1. The van der Waals surface area contributed by atoms with Crippen molar-refractivity contribution >= 4 is 39.4 Å². The van der Waals surface area contributed by atoms with Crippen LogP contribution in [0.4, 0.5) is 0 Å². The molecule has 3 heterocycles. The summed E-state index contributed by atoms with van der Waals surface area (Å²) >= 11 is 2.89. The largest absolute Gasteiger partial charge is 0.376 e. The van der Waals surface area contributed by atoms with Gasteiger partial charge in [-0.2, -0.15) is 0 Å². The topological polar surface area (TPSA) is 77.0 Å². The highest BCUT2D eigenvalue weighted by Gasteiger charge is 2.17. The summed E-state index contributed by atoms with van der Waals surface area (Å²) in [6, 6.07) is 9.96. The van der Waals surface area contributed by atoms with Crippen LogP contribution in [-0.4, -0.2) is 45.9 Å². The molecule has 1 aromatic carbocycles.